The summed E-state index contributed by atoms with van der Waals surface area (Å²) in [6, 6.07) is 0. The Labute approximate surface area is 77.6 Å². The Bertz CT molecular complexity index is 171. The average molecular weight is 188 g/mol. The SMILES string of the molecule is CCOC(=O)CCNCCC(N)=O. The first-order valence-electron chi connectivity index (χ1n) is 4.31. The van der Waals surface area contributed by atoms with Crippen molar-refractivity contribution in [3.05, 3.63) is 0 Å². The molecule has 0 unspecified atom stereocenters. The Balaban J connectivity index is 3.16. The van der Waals surface area contributed by atoms with Gasteiger partial charge in [-0.15, -0.1) is 0 Å². The quantitative estimate of drug-likeness (QED) is 0.413. The van der Waals surface area contributed by atoms with Crippen LogP contribution in [0.15, 0.2) is 0 Å². The van der Waals surface area contributed by atoms with Crippen LogP contribution >= 0.6 is 0 Å². The van der Waals surface area contributed by atoms with Crippen molar-refractivity contribution in [2.75, 3.05) is 19.7 Å². The van der Waals surface area contributed by atoms with E-state index in [1.54, 1.807) is 6.92 Å². The zero-order valence-corrected chi connectivity index (χ0v) is 7.84. The molecule has 0 spiro atoms. The summed E-state index contributed by atoms with van der Waals surface area (Å²) in [5, 5.41) is 2.90. The molecule has 0 bridgehead atoms. The number of nitrogens with two attached hydrogens (primary N) is 1. The van der Waals surface area contributed by atoms with Gasteiger partial charge in [-0.05, 0) is 6.92 Å². The van der Waals surface area contributed by atoms with E-state index in [0.717, 1.165) is 0 Å². The molecule has 0 aliphatic heterocycles. The molecule has 3 N–H and O–H groups in total. The zero-order chi connectivity index (χ0) is 10.1. The van der Waals surface area contributed by atoms with Crippen LogP contribution in [0.3, 0.4) is 0 Å². The van der Waals surface area contributed by atoms with E-state index in [2.05, 4.69) is 5.32 Å². The molecule has 0 aromatic carbocycles. The Morgan fingerprint density at radius 2 is 1.92 bits per heavy atom. The van der Waals surface area contributed by atoms with E-state index in [9.17, 15) is 9.59 Å². The third-order valence-corrected chi connectivity index (χ3v) is 1.36. The van der Waals surface area contributed by atoms with Crippen molar-refractivity contribution < 1.29 is 14.3 Å². The summed E-state index contributed by atoms with van der Waals surface area (Å²) < 4.78 is 4.70. The molecular formula is C8H16N2O3. The first-order chi connectivity index (χ1) is 6.16. The fraction of sp³-hybridized carbons (Fsp3) is 0.750. The number of rotatable bonds is 7. The number of ether oxygens (including phenoxy) is 1. The number of esters is 1. The van der Waals surface area contributed by atoms with Gasteiger partial charge in [0.05, 0.1) is 13.0 Å². The van der Waals surface area contributed by atoms with E-state index in [1.807, 2.05) is 0 Å². The summed E-state index contributed by atoms with van der Waals surface area (Å²) in [6.07, 6.45) is 0.620. The standard InChI is InChI=1S/C8H16N2O3/c1-2-13-8(12)4-6-10-5-3-7(9)11/h10H,2-6H2,1H3,(H2,9,11). The van der Waals surface area contributed by atoms with Gasteiger partial charge in [-0.1, -0.05) is 0 Å². The highest BCUT2D eigenvalue weighted by Crippen LogP contribution is 1.84. The van der Waals surface area contributed by atoms with E-state index in [0.29, 0.717) is 32.5 Å². The molecule has 0 aromatic heterocycles. The number of carbonyl (C=O) groups excluding carboxylic acids is 2. The molecule has 5 nitrogen and oxygen atoms in total. The molecule has 0 fully saturated rings. The minimum Gasteiger partial charge on any atom is -0.466 e. The summed E-state index contributed by atoms with van der Waals surface area (Å²) in [5.74, 6) is -0.572. The highest BCUT2D eigenvalue weighted by molar-refractivity contribution is 5.73. The van der Waals surface area contributed by atoms with Crippen molar-refractivity contribution in [1.82, 2.24) is 5.32 Å². The second-order valence-electron chi connectivity index (χ2n) is 2.52. The van der Waals surface area contributed by atoms with Crippen LogP contribution in [0.5, 0.6) is 0 Å². The lowest BCUT2D eigenvalue weighted by atomic mass is 10.4. The van der Waals surface area contributed by atoms with Crippen molar-refractivity contribution >= 4 is 11.9 Å². The Morgan fingerprint density at radius 1 is 1.31 bits per heavy atom. The van der Waals surface area contributed by atoms with Gasteiger partial charge in [0, 0.05) is 19.5 Å². The molecule has 0 heterocycles. The van der Waals surface area contributed by atoms with Crippen LogP contribution < -0.4 is 11.1 Å². The third kappa shape index (κ3) is 8.81. The average Bonchev–Trinajstić information content (AvgIpc) is 2.03. The molecule has 5 heteroatoms. The van der Waals surface area contributed by atoms with Gasteiger partial charge in [0.2, 0.25) is 5.91 Å². The van der Waals surface area contributed by atoms with Gasteiger partial charge in [-0.3, -0.25) is 9.59 Å². The molecule has 0 aromatic rings. The number of nitrogens with one attached hydrogen (secondary N) is 1. The van der Waals surface area contributed by atoms with E-state index < -0.39 is 0 Å². The van der Waals surface area contributed by atoms with Crippen molar-refractivity contribution in [3.8, 4) is 0 Å². The number of carbonyl (C=O) groups is 2. The van der Waals surface area contributed by atoms with Gasteiger partial charge < -0.3 is 15.8 Å². The molecule has 13 heavy (non-hydrogen) atoms. The van der Waals surface area contributed by atoms with Crippen LogP contribution in [0.2, 0.25) is 0 Å². The third-order valence-electron chi connectivity index (χ3n) is 1.36. The second kappa shape index (κ2) is 7.54. The Kier molecular flexibility index (Phi) is 6.91. The summed E-state index contributed by atoms with van der Waals surface area (Å²) in [4.78, 5) is 21.1. The largest absolute Gasteiger partial charge is 0.466 e. The molecule has 0 saturated heterocycles. The molecular weight excluding hydrogens is 172 g/mol. The molecule has 0 saturated carbocycles. The first kappa shape index (κ1) is 11.9. The molecule has 0 aliphatic carbocycles. The number of hydrogen-bond acceptors (Lipinski definition) is 4. The Morgan fingerprint density at radius 3 is 2.46 bits per heavy atom. The van der Waals surface area contributed by atoms with Gasteiger partial charge >= 0.3 is 5.97 Å². The maximum atomic E-state index is 10.8. The normalized spacial score (nSPS) is 9.62. The lowest BCUT2D eigenvalue weighted by Crippen LogP contribution is -2.24. The fourth-order valence-electron chi connectivity index (χ4n) is 0.760. The van der Waals surface area contributed by atoms with E-state index in [4.69, 9.17) is 10.5 Å². The molecule has 1 amide bonds. The van der Waals surface area contributed by atoms with Crippen molar-refractivity contribution in [3.63, 3.8) is 0 Å². The minimum absolute atomic E-state index is 0.228. The van der Waals surface area contributed by atoms with Gasteiger partial charge in [0.25, 0.3) is 0 Å². The number of amides is 1. The summed E-state index contributed by atoms with van der Waals surface area (Å²) >= 11 is 0. The predicted molar refractivity (Wildman–Crippen MR) is 47.9 cm³/mol. The molecule has 0 rings (SSSR count). The molecule has 0 aliphatic rings. The number of hydrogen-bond donors (Lipinski definition) is 2. The van der Waals surface area contributed by atoms with Gasteiger partial charge in [0.15, 0.2) is 0 Å². The molecule has 0 atom stereocenters. The Hall–Kier alpha value is -1.10. The number of primary amides is 1. The zero-order valence-electron chi connectivity index (χ0n) is 7.84. The van der Waals surface area contributed by atoms with Crippen LogP contribution in [0, 0.1) is 0 Å². The van der Waals surface area contributed by atoms with E-state index in [-0.39, 0.29) is 11.9 Å². The van der Waals surface area contributed by atoms with Crippen LogP contribution in [-0.2, 0) is 14.3 Å². The summed E-state index contributed by atoms with van der Waals surface area (Å²) in [6.45, 7) is 3.19. The molecule has 0 radical (unpaired) electrons. The second-order valence-corrected chi connectivity index (χ2v) is 2.52. The smallest absolute Gasteiger partial charge is 0.307 e. The summed E-state index contributed by atoms with van der Waals surface area (Å²) in [5.41, 5.74) is 4.91. The van der Waals surface area contributed by atoms with E-state index >= 15 is 0 Å². The first-order valence-corrected chi connectivity index (χ1v) is 4.31. The summed E-state index contributed by atoms with van der Waals surface area (Å²) in [7, 11) is 0. The predicted octanol–water partition coefficient (Wildman–Crippen LogP) is -0.595. The van der Waals surface area contributed by atoms with Crippen molar-refractivity contribution in [1.29, 1.82) is 0 Å². The molecule has 76 valence electrons. The fourth-order valence-corrected chi connectivity index (χ4v) is 0.760. The minimum atomic E-state index is -0.344. The maximum Gasteiger partial charge on any atom is 0.307 e. The van der Waals surface area contributed by atoms with Crippen molar-refractivity contribution in [2.24, 2.45) is 5.73 Å². The van der Waals surface area contributed by atoms with Crippen LogP contribution in [0.25, 0.3) is 0 Å². The van der Waals surface area contributed by atoms with Gasteiger partial charge in [-0.2, -0.15) is 0 Å². The van der Waals surface area contributed by atoms with Crippen molar-refractivity contribution in [2.45, 2.75) is 19.8 Å². The maximum absolute atomic E-state index is 10.8. The van der Waals surface area contributed by atoms with Gasteiger partial charge in [-0.25, -0.2) is 0 Å². The highest BCUT2D eigenvalue weighted by Gasteiger charge is 2.00. The van der Waals surface area contributed by atoms with E-state index in [1.165, 1.54) is 0 Å². The van der Waals surface area contributed by atoms with Gasteiger partial charge in [0.1, 0.15) is 0 Å². The van der Waals surface area contributed by atoms with Crippen LogP contribution in [0.4, 0.5) is 0 Å². The monoisotopic (exact) mass is 188 g/mol. The lowest BCUT2D eigenvalue weighted by Gasteiger charge is -2.02. The van der Waals surface area contributed by atoms with Crippen LogP contribution in [-0.4, -0.2) is 31.6 Å². The van der Waals surface area contributed by atoms with Crippen LogP contribution in [0.1, 0.15) is 19.8 Å². The highest BCUT2D eigenvalue weighted by atomic mass is 16.5. The lowest BCUT2D eigenvalue weighted by molar-refractivity contribution is -0.142. The topological polar surface area (TPSA) is 81.4 Å².